The summed E-state index contributed by atoms with van der Waals surface area (Å²) < 4.78 is 25.7. The number of hydrogen-bond donors (Lipinski definition) is 1. The van der Waals surface area contributed by atoms with E-state index in [0.29, 0.717) is 17.9 Å². The van der Waals surface area contributed by atoms with Crippen LogP contribution in [0.15, 0.2) is 29.3 Å². The lowest BCUT2D eigenvalue weighted by molar-refractivity contribution is -0.145. The third-order valence-corrected chi connectivity index (χ3v) is 6.58. The Balaban J connectivity index is 1.82. The van der Waals surface area contributed by atoms with Gasteiger partial charge in [0.25, 0.3) is 17.6 Å². The van der Waals surface area contributed by atoms with Crippen molar-refractivity contribution in [3.8, 4) is 0 Å². The molecule has 1 unspecified atom stereocenters. The normalized spacial score (nSPS) is 22.1. The van der Waals surface area contributed by atoms with Crippen LogP contribution in [0.4, 0.5) is 0 Å². The molecule has 1 aromatic rings. The molecule has 1 aromatic carbocycles. The lowest BCUT2D eigenvalue weighted by atomic mass is 10.1. The fourth-order valence-electron chi connectivity index (χ4n) is 2.94. The van der Waals surface area contributed by atoms with Crippen LogP contribution in [0.25, 0.3) is 0 Å². The zero-order chi connectivity index (χ0) is 20.5. The second-order valence-corrected chi connectivity index (χ2v) is 8.95. The number of benzene rings is 1. The quantitative estimate of drug-likeness (QED) is 0.545. The summed E-state index contributed by atoms with van der Waals surface area (Å²) in [6, 6.07) is 5.11. The van der Waals surface area contributed by atoms with Crippen molar-refractivity contribution in [3.63, 3.8) is 0 Å². The highest BCUT2D eigenvalue weighted by Crippen LogP contribution is 2.19. The molecule has 9 nitrogen and oxygen atoms in total. The Kier molecular flexibility index (Phi) is 5.71. The smallest absolute Gasteiger partial charge is 0.299 e. The van der Waals surface area contributed by atoms with Crippen molar-refractivity contribution in [2.24, 2.45) is 4.99 Å². The maximum atomic E-state index is 12.5. The number of Topliss-reactive ketones (excluding diaryl/α,β-unsaturated/α-hetero) is 1. The fraction of sp³-hybridized carbons (Fsp3) is 0.412. The number of guanidine groups is 1. The molecule has 0 bridgehead atoms. The van der Waals surface area contributed by atoms with E-state index in [1.807, 2.05) is 0 Å². The summed E-state index contributed by atoms with van der Waals surface area (Å²) in [6.45, 7) is 0.253. The molecule has 0 saturated carbocycles. The van der Waals surface area contributed by atoms with E-state index in [1.165, 1.54) is 7.05 Å². The van der Waals surface area contributed by atoms with Gasteiger partial charge in [-0.15, -0.1) is 0 Å². The molecule has 1 atom stereocenters. The molecule has 150 valence electrons. The minimum atomic E-state index is -3.65. The summed E-state index contributed by atoms with van der Waals surface area (Å²) in [6.07, 6.45) is 1.11. The summed E-state index contributed by atoms with van der Waals surface area (Å²) in [4.78, 5) is 42.0. The number of aliphatic imine (C=N–C) groups is 1. The van der Waals surface area contributed by atoms with Crippen molar-refractivity contribution in [1.82, 2.24) is 14.5 Å². The summed E-state index contributed by atoms with van der Waals surface area (Å²) >= 11 is 5.81. The minimum Gasteiger partial charge on any atom is -0.350 e. The van der Waals surface area contributed by atoms with Crippen molar-refractivity contribution in [2.75, 3.05) is 19.3 Å². The number of nitrogens with one attached hydrogen (secondary N) is 1. The molecule has 11 heteroatoms. The van der Waals surface area contributed by atoms with Crippen LogP contribution in [-0.4, -0.2) is 66.6 Å². The molecule has 28 heavy (non-hydrogen) atoms. The van der Waals surface area contributed by atoms with E-state index >= 15 is 0 Å². The summed E-state index contributed by atoms with van der Waals surface area (Å²) in [5.74, 6) is -3.02. The van der Waals surface area contributed by atoms with Crippen LogP contribution in [0.2, 0.25) is 5.02 Å². The van der Waals surface area contributed by atoms with Crippen molar-refractivity contribution in [1.29, 1.82) is 0 Å². The van der Waals surface area contributed by atoms with Gasteiger partial charge in [0.1, 0.15) is 0 Å². The van der Waals surface area contributed by atoms with E-state index < -0.39 is 33.7 Å². The lowest BCUT2D eigenvalue weighted by Crippen LogP contribution is -2.58. The van der Waals surface area contributed by atoms with Crippen molar-refractivity contribution >= 4 is 45.2 Å². The van der Waals surface area contributed by atoms with Crippen LogP contribution in [0.3, 0.4) is 0 Å². The highest BCUT2D eigenvalue weighted by Gasteiger charge is 2.43. The maximum Gasteiger partial charge on any atom is 0.299 e. The minimum absolute atomic E-state index is 0.0740. The van der Waals surface area contributed by atoms with Crippen LogP contribution in [0.5, 0.6) is 0 Å². The molecule has 1 saturated heterocycles. The number of halogens is 1. The zero-order valence-corrected chi connectivity index (χ0v) is 16.7. The van der Waals surface area contributed by atoms with Gasteiger partial charge in [0.2, 0.25) is 16.0 Å². The van der Waals surface area contributed by atoms with Crippen LogP contribution >= 0.6 is 11.6 Å². The topological polar surface area (TPSA) is 116 Å². The molecule has 0 radical (unpaired) electrons. The van der Waals surface area contributed by atoms with Gasteiger partial charge >= 0.3 is 0 Å². The molecule has 2 amide bonds. The third-order valence-electron chi connectivity index (χ3n) is 4.51. The molecule has 1 N–H and O–H groups in total. The van der Waals surface area contributed by atoms with Gasteiger partial charge in [-0.05, 0) is 30.5 Å². The number of rotatable bonds is 3. The van der Waals surface area contributed by atoms with Crippen LogP contribution in [0.1, 0.15) is 18.4 Å². The van der Waals surface area contributed by atoms with E-state index in [1.54, 1.807) is 24.3 Å². The molecular formula is C17H19ClN4O5S. The first-order chi connectivity index (χ1) is 13.2. The Labute approximate surface area is 167 Å². The number of ketones is 1. The van der Waals surface area contributed by atoms with Crippen molar-refractivity contribution < 1.29 is 22.8 Å². The standard InChI is InChI=1S/C17H19ClN4O5S/c1-21-16(25)14(23)13(15(24)19-10-11-4-6-12(18)7-5-11)20-17(21)22-8-2-3-9-28(22,26)27/h4-7,13H,2-3,8-10H2,1H3,(H,19,24). The molecule has 0 aromatic heterocycles. The van der Waals surface area contributed by atoms with Gasteiger partial charge in [0.15, 0.2) is 6.04 Å². The SMILES string of the molecule is CN1C(=O)C(=O)C(C(=O)NCc2ccc(Cl)cc2)N=C1N1CCCCS1(=O)=O. The van der Waals surface area contributed by atoms with E-state index in [4.69, 9.17) is 11.6 Å². The monoisotopic (exact) mass is 426 g/mol. The highest BCUT2D eigenvalue weighted by molar-refractivity contribution is 7.89. The Bertz CT molecular complexity index is 945. The number of likely N-dealkylation sites (N-methyl/N-ethyl adjacent to an activating group) is 1. The van der Waals surface area contributed by atoms with E-state index in [2.05, 4.69) is 10.3 Å². The molecule has 2 aliphatic rings. The summed E-state index contributed by atoms with van der Waals surface area (Å²) in [5.41, 5.74) is 0.743. The summed E-state index contributed by atoms with van der Waals surface area (Å²) in [7, 11) is -2.38. The first kappa shape index (κ1) is 20.3. The van der Waals surface area contributed by atoms with Crippen molar-refractivity contribution in [2.45, 2.75) is 25.4 Å². The number of carbonyl (C=O) groups excluding carboxylic acids is 3. The number of sulfonamides is 1. The van der Waals surface area contributed by atoms with Crippen LogP contribution < -0.4 is 5.32 Å². The predicted molar refractivity (Wildman–Crippen MR) is 102 cm³/mol. The average molecular weight is 427 g/mol. The van der Waals surface area contributed by atoms with Gasteiger partial charge in [0.05, 0.1) is 5.75 Å². The van der Waals surface area contributed by atoms with E-state index in [0.717, 1.165) is 14.8 Å². The van der Waals surface area contributed by atoms with Gasteiger partial charge in [0, 0.05) is 25.2 Å². The Hall–Kier alpha value is -2.46. The third kappa shape index (κ3) is 4.02. The Morgan fingerprint density at radius 1 is 1.25 bits per heavy atom. The predicted octanol–water partition coefficient (Wildman–Crippen LogP) is 0.147. The number of hydrogen-bond acceptors (Lipinski definition) is 6. The molecule has 0 spiro atoms. The number of nitrogens with zero attached hydrogens (tertiary/aromatic N) is 3. The first-order valence-corrected chi connectivity index (χ1v) is 10.6. The highest BCUT2D eigenvalue weighted by atomic mass is 35.5. The van der Waals surface area contributed by atoms with Gasteiger partial charge in [-0.1, -0.05) is 23.7 Å². The maximum absolute atomic E-state index is 12.5. The Morgan fingerprint density at radius 3 is 2.57 bits per heavy atom. The van der Waals surface area contributed by atoms with E-state index in [9.17, 15) is 22.8 Å². The fourth-order valence-corrected chi connectivity index (χ4v) is 4.69. The first-order valence-electron chi connectivity index (χ1n) is 8.63. The van der Waals surface area contributed by atoms with E-state index in [-0.39, 0.29) is 24.8 Å². The molecule has 2 heterocycles. The summed E-state index contributed by atoms with van der Waals surface area (Å²) in [5, 5.41) is 3.09. The molecule has 0 aliphatic carbocycles. The van der Waals surface area contributed by atoms with Gasteiger partial charge in [-0.25, -0.2) is 17.7 Å². The lowest BCUT2D eigenvalue weighted by Gasteiger charge is -2.35. The van der Waals surface area contributed by atoms with Gasteiger partial charge < -0.3 is 5.32 Å². The second kappa shape index (κ2) is 7.88. The Morgan fingerprint density at radius 2 is 1.93 bits per heavy atom. The van der Waals surface area contributed by atoms with Crippen LogP contribution in [-0.2, 0) is 31.0 Å². The number of amides is 2. The molecule has 1 fully saturated rings. The molecular weight excluding hydrogens is 408 g/mol. The van der Waals surface area contributed by atoms with Crippen molar-refractivity contribution in [3.05, 3.63) is 34.9 Å². The molecule has 3 rings (SSSR count). The largest absolute Gasteiger partial charge is 0.350 e. The number of carbonyl (C=O) groups is 3. The zero-order valence-electron chi connectivity index (χ0n) is 15.1. The second-order valence-electron chi connectivity index (χ2n) is 6.50. The molecule has 2 aliphatic heterocycles. The van der Waals surface area contributed by atoms with Gasteiger partial charge in [-0.2, -0.15) is 0 Å². The average Bonchev–Trinajstić information content (AvgIpc) is 2.66. The van der Waals surface area contributed by atoms with Gasteiger partial charge in [-0.3, -0.25) is 19.3 Å². The van der Waals surface area contributed by atoms with Crippen LogP contribution in [0, 0.1) is 0 Å².